The van der Waals surface area contributed by atoms with E-state index in [0.717, 1.165) is 38.1 Å². The lowest BCUT2D eigenvalue weighted by Crippen LogP contribution is -2.13. The maximum absolute atomic E-state index is 11.1. The zero-order chi connectivity index (χ0) is 13.0. The quantitative estimate of drug-likeness (QED) is 0.800. The summed E-state index contributed by atoms with van der Waals surface area (Å²) in [6, 6.07) is 0. The molecule has 1 aromatic rings. The van der Waals surface area contributed by atoms with Crippen molar-refractivity contribution >= 4 is 19.6 Å². The highest BCUT2D eigenvalue weighted by Crippen LogP contribution is 2.43. The normalized spacial score (nSPS) is 27.0. The van der Waals surface area contributed by atoms with Crippen LogP contribution in [0.25, 0.3) is 0 Å². The average Bonchev–Trinajstić information content (AvgIpc) is 2.99. The summed E-state index contributed by atoms with van der Waals surface area (Å²) in [5.41, 5.74) is 0. The molecule has 0 amide bonds. The first-order valence-corrected chi connectivity index (χ1v) is 7.79. The van der Waals surface area contributed by atoms with Crippen LogP contribution in [0, 0.1) is 5.92 Å². The molecule has 0 radical (unpaired) electrons. The first-order valence-electron chi connectivity index (χ1n) is 5.56. The summed E-state index contributed by atoms with van der Waals surface area (Å²) in [6.45, 7) is 0.205. The van der Waals surface area contributed by atoms with Crippen LogP contribution in [0.3, 0.4) is 0 Å². The molecular formula is C9H15N2O5PS. The standard InChI is InChI=1S/C9H15N2O5PS/c1-14-17(12,13)15-6-7-2-3-8(4-7)16-9-5-10-18-11-9/h5,7-8H,2-4,6H2,1H3,(H,12,13). The highest BCUT2D eigenvalue weighted by molar-refractivity contribution is 7.47. The van der Waals surface area contributed by atoms with Crippen molar-refractivity contribution in [1.82, 2.24) is 8.75 Å². The molecule has 0 bridgehead atoms. The van der Waals surface area contributed by atoms with Crippen molar-refractivity contribution in [2.45, 2.75) is 25.4 Å². The Morgan fingerprint density at radius 1 is 1.61 bits per heavy atom. The number of phosphoric ester groups is 1. The van der Waals surface area contributed by atoms with E-state index in [2.05, 4.69) is 13.3 Å². The van der Waals surface area contributed by atoms with Gasteiger partial charge in [0.05, 0.1) is 18.3 Å². The minimum absolute atomic E-state index is 0.0723. The number of aromatic nitrogens is 2. The molecule has 3 unspecified atom stereocenters. The molecule has 1 saturated carbocycles. The van der Waals surface area contributed by atoms with E-state index in [-0.39, 0.29) is 18.6 Å². The van der Waals surface area contributed by atoms with Gasteiger partial charge in [-0.25, -0.2) is 4.57 Å². The van der Waals surface area contributed by atoms with E-state index in [9.17, 15) is 4.57 Å². The first-order chi connectivity index (χ1) is 8.59. The maximum atomic E-state index is 11.1. The van der Waals surface area contributed by atoms with Crippen LogP contribution in [-0.4, -0.2) is 33.5 Å². The Labute approximate surface area is 109 Å². The van der Waals surface area contributed by atoms with Crippen LogP contribution in [0.5, 0.6) is 5.88 Å². The zero-order valence-electron chi connectivity index (χ0n) is 9.89. The molecular weight excluding hydrogens is 279 g/mol. The Balaban J connectivity index is 1.73. The van der Waals surface area contributed by atoms with Crippen LogP contribution < -0.4 is 4.74 Å². The van der Waals surface area contributed by atoms with Crippen LogP contribution in [0.2, 0.25) is 0 Å². The molecule has 1 N–H and O–H groups in total. The molecule has 1 aliphatic carbocycles. The van der Waals surface area contributed by atoms with Gasteiger partial charge in [0, 0.05) is 7.11 Å². The Kier molecular flexibility index (Phi) is 4.69. The second-order valence-corrected chi connectivity index (χ2v) is 6.23. The van der Waals surface area contributed by atoms with E-state index in [0.29, 0.717) is 5.88 Å². The molecule has 102 valence electrons. The summed E-state index contributed by atoms with van der Waals surface area (Å²) in [5, 5.41) is 0. The van der Waals surface area contributed by atoms with Crippen molar-refractivity contribution in [3.05, 3.63) is 6.20 Å². The molecule has 1 aliphatic rings. The Hall–Kier alpha value is -0.530. The van der Waals surface area contributed by atoms with E-state index >= 15 is 0 Å². The van der Waals surface area contributed by atoms with Crippen molar-refractivity contribution in [2.24, 2.45) is 5.92 Å². The lowest BCUT2D eigenvalue weighted by atomic mass is 10.1. The Bertz CT molecular complexity index is 415. The lowest BCUT2D eigenvalue weighted by Gasteiger charge is -2.14. The monoisotopic (exact) mass is 294 g/mol. The van der Waals surface area contributed by atoms with E-state index in [4.69, 9.17) is 14.2 Å². The van der Waals surface area contributed by atoms with Gasteiger partial charge in [-0.2, -0.15) is 4.37 Å². The number of hydrogen-bond donors (Lipinski definition) is 1. The maximum Gasteiger partial charge on any atom is 0.471 e. The van der Waals surface area contributed by atoms with Gasteiger partial charge < -0.3 is 9.63 Å². The second kappa shape index (κ2) is 6.08. The van der Waals surface area contributed by atoms with E-state index in [1.165, 1.54) is 0 Å². The molecule has 0 aliphatic heterocycles. The number of phosphoric acid groups is 1. The third kappa shape index (κ3) is 4.00. The second-order valence-electron chi connectivity index (χ2n) is 4.11. The van der Waals surface area contributed by atoms with Crippen molar-refractivity contribution < 1.29 is 23.2 Å². The highest BCUT2D eigenvalue weighted by atomic mass is 32.1. The molecule has 18 heavy (non-hydrogen) atoms. The molecule has 0 spiro atoms. The summed E-state index contributed by atoms with van der Waals surface area (Å²) < 4.78 is 33.8. The molecule has 0 aromatic carbocycles. The topological polar surface area (TPSA) is 90.8 Å². The molecule has 3 atom stereocenters. The molecule has 9 heteroatoms. The largest absolute Gasteiger partial charge is 0.473 e. The zero-order valence-corrected chi connectivity index (χ0v) is 11.6. The predicted molar refractivity (Wildman–Crippen MR) is 64.5 cm³/mol. The van der Waals surface area contributed by atoms with Crippen LogP contribution in [-0.2, 0) is 13.6 Å². The average molecular weight is 294 g/mol. The van der Waals surface area contributed by atoms with Crippen molar-refractivity contribution in [3.63, 3.8) is 0 Å². The molecule has 2 rings (SSSR count). The third-order valence-electron chi connectivity index (χ3n) is 2.83. The van der Waals surface area contributed by atoms with Gasteiger partial charge in [-0.05, 0) is 25.2 Å². The highest BCUT2D eigenvalue weighted by Gasteiger charge is 2.29. The van der Waals surface area contributed by atoms with Crippen LogP contribution in [0.1, 0.15) is 19.3 Å². The van der Waals surface area contributed by atoms with E-state index in [1.807, 2.05) is 0 Å². The Morgan fingerprint density at radius 3 is 3.11 bits per heavy atom. The lowest BCUT2D eigenvalue weighted by molar-refractivity contribution is 0.142. The minimum atomic E-state index is -3.86. The smallest absolute Gasteiger partial charge is 0.471 e. The van der Waals surface area contributed by atoms with E-state index in [1.54, 1.807) is 6.20 Å². The van der Waals surface area contributed by atoms with Crippen LogP contribution in [0.4, 0.5) is 0 Å². The SMILES string of the molecule is COP(=O)(O)OCC1CCC(Oc2cnsn2)C1. The van der Waals surface area contributed by atoms with Crippen molar-refractivity contribution in [3.8, 4) is 5.88 Å². The summed E-state index contributed by atoms with van der Waals surface area (Å²) in [4.78, 5) is 9.12. The summed E-state index contributed by atoms with van der Waals surface area (Å²) in [5.74, 6) is 0.744. The molecule has 1 fully saturated rings. The van der Waals surface area contributed by atoms with Gasteiger partial charge in [0.15, 0.2) is 0 Å². The van der Waals surface area contributed by atoms with Gasteiger partial charge in [-0.15, -0.1) is 4.37 Å². The Morgan fingerprint density at radius 2 is 2.44 bits per heavy atom. The van der Waals surface area contributed by atoms with Crippen LogP contribution in [0.15, 0.2) is 6.20 Å². The number of hydrogen-bond acceptors (Lipinski definition) is 7. The van der Waals surface area contributed by atoms with Gasteiger partial charge in [-0.1, -0.05) is 0 Å². The van der Waals surface area contributed by atoms with Crippen molar-refractivity contribution in [1.29, 1.82) is 0 Å². The fourth-order valence-electron chi connectivity index (χ4n) is 1.92. The molecule has 1 heterocycles. The van der Waals surface area contributed by atoms with Crippen LogP contribution >= 0.6 is 19.6 Å². The fourth-order valence-corrected chi connectivity index (χ4v) is 2.78. The number of ether oxygens (including phenoxy) is 1. The van der Waals surface area contributed by atoms with Crippen molar-refractivity contribution in [2.75, 3.05) is 13.7 Å². The van der Waals surface area contributed by atoms with E-state index < -0.39 is 7.82 Å². The van der Waals surface area contributed by atoms with Gasteiger partial charge in [-0.3, -0.25) is 9.05 Å². The van der Waals surface area contributed by atoms with Gasteiger partial charge >= 0.3 is 7.82 Å². The number of nitrogens with zero attached hydrogens (tertiary/aromatic N) is 2. The predicted octanol–water partition coefficient (Wildman–Crippen LogP) is 1.85. The molecule has 7 nitrogen and oxygen atoms in total. The van der Waals surface area contributed by atoms with Gasteiger partial charge in [0.2, 0.25) is 5.88 Å². The summed E-state index contributed by atoms with van der Waals surface area (Å²) in [7, 11) is -2.71. The fraction of sp³-hybridized carbons (Fsp3) is 0.778. The summed E-state index contributed by atoms with van der Waals surface area (Å²) >= 11 is 1.10. The first kappa shape index (κ1) is 13.9. The van der Waals surface area contributed by atoms with Gasteiger partial charge in [0.25, 0.3) is 0 Å². The molecule has 1 aromatic heterocycles. The van der Waals surface area contributed by atoms with Gasteiger partial charge in [0.1, 0.15) is 12.3 Å². The third-order valence-corrected chi connectivity index (χ3v) is 4.22. The molecule has 0 saturated heterocycles. The number of rotatable bonds is 6. The summed E-state index contributed by atoms with van der Waals surface area (Å²) in [6.07, 6.45) is 4.21. The minimum Gasteiger partial charge on any atom is -0.473 e.